The SMILES string of the molecule is Cc1ncsc1CNC(=O)C1CC1. The van der Waals surface area contributed by atoms with E-state index in [0.717, 1.165) is 23.4 Å². The number of amides is 1. The summed E-state index contributed by atoms with van der Waals surface area (Å²) < 4.78 is 0. The predicted octanol–water partition coefficient (Wildman–Crippen LogP) is 1.48. The van der Waals surface area contributed by atoms with Crippen molar-refractivity contribution in [3.8, 4) is 0 Å². The van der Waals surface area contributed by atoms with E-state index in [4.69, 9.17) is 0 Å². The van der Waals surface area contributed by atoms with Crippen LogP contribution in [0.25, 0.3) is 0 Å². The molecule has 1 amide bonds. The highest BCUT2D eigenvalue weighted by molar-refractivity contribution is 7.09. The van der Waals surface area contributed by atoms with Crippen LogP contribution in [0, 0.1) is 12.8 Å². The highest BCUT2D eigenvalue weighted by Crippen LogP contribution is 2.28. The van der Waals surface area contributed by atoms with Gasteiger partial charge < -0.3 is 5.32 Å². The molecular weight excluding hydrogens is 184 g/mol. The zero-order valence-corrected chi connectivity index (χ0v) is 8.36. The molecule has 70 valence electrons. The van der Waals surface area contributed by atoms with Crippen LogP contribution in [0.3, 0.4) is 0 Å². The van der Waals surface area contributed by atoms with Gasteiger partial charge in [-0.15, -0.1) is 11.3 Å². The normalized spacial score (nSPS) is 15.8. The molecule has 1 heterocycles. The molecule has 3 nitrogen and oxygen atoms in total. The summed E-state index contributed by atoms with van der Waals surface area (Å²) in [6.07, 6.45) is 2.13. The summed E-state index contributed by atoms with van der Waals surface area (Å²) in [7, 11) is 0. The lowest BCUT2D eigenvalue weighted by atomic mass is 10.3. The van der Waals surface area contributed by atoms with E-state index in [0.29, 0.717) is 12.5 Å². The minimum absolute atomic E-state index is 0.202. The molecule has 2 rings (SSSR count). The molecule has 4 heteroatoms. The van der Waals surface area contributed by atoms with Crippen molar-refractivity contribution in [2.75, 3.05) is 0 Å². The maximum absolute atomic E-state index is 11.3. The number of rotatable bonds is 3. The van der Waals surface area contributed by atoms with E-state index in [2.05, 4.69) is 10.3 Å². The largest absolute Gasteiger partial charge is 0.351 e. The summed E-state index contributed by atoms with van der Waals surface area (Å²) >= 11 is 1.60. The molecule has 0 bridgehead atoms. The molecule has 0 aromatic carbocycles. The van der Waals surface area contributed by atoms with Crippen molar-refractivity contribution < 1.29 is 4.79 Å². The van der Waals surface area contributed by atoms with Crippen LogP contribution in [-0.4, -0.2) is 10.9 Å². The van der Waals surface area contributed by atoms with Crippen molar-refractivity contribution in [1.29, 1.82) is 0 Å². The Bertz CT molecular complexity index is 317. The van der Waals surface area contributed by atoms with Crippen molar-refractivity contribution in [3.05, 3.63) is 16.1 Å². The van der Waals surface area contributed by atoms with Gasteiger partial charge in [-0.05, 0) is 19.8 Å². The van der Waals surface area contributed by atoms with Crippen LogP contribution in [0.15, 0.2) is 5.51 Å². The van der Waals surface area contributed by atoms with Crippen molar-refractivity contribution in [2.24, 2.45) is 5.92 Å². The zero-order valence-electron chi connectivity index (χ0n) is 7.54. The van der Waals surface area contributed by atoms with Crippen LogP contribution in [0.5, 0.6) is 0 Å². The first-order valence-electron chi connectivity index (χ1n) is 4.44. The molecule has 0 saturated heterocycles. The monoisotopic (exact) mass is 196 g/mol. The molecule has 0 unspecified atom stereocenters. The highest BCUT2D eigenvalue weighted by atomic mass is 32.1. The molecule has 0 atom stereocenters. The van der Waals surface area contributed by atoms with Gasteiger partial charge in [-0.2, -0.15) is 0 Å². The van der Waals surface area contributed by atoms with Crippen LogP contribution in [0.4, 0.5) is 0 Å². The van der Waals surface area contributed by atoms with E-state index in [1.54, 1.807) is 11.3 Å². The third kappa shape index (κ3) is 2.06. The van der Waals surface area contributed by atoms with E-state index >= 15 is 0 Å². The van der Waals surface area contributed by atoms with Gasteiger partial charge in [-0.1, -0.05) is 0 Å². The number of nitrogens with one attached hydrogen (secondary N) is 1. The van der Waals surface area contributed by atoms with Gasteiger partial charge in [-0.25, -0.2) is 4.98 Å². The second-order valence-electron chi connectivity index (χ2n) is 3.35. The van der Waals surface area contributed by atoms with Gasteiger partial charge in [0.2, 0.25) is 5.91 Å². The quantitative estimate of drug-likeness (QED) is 0.795. The first-order valence-corrected chi connectivity index (χ1v) is 5.32. The number of hydrogen-bond acceptors (Lipinski definition) is 3. The average molecular weight is 196 g/mol. The number of carbonyl (C=O) groups is 1. The first kappa shape index (κ1) is 8.69. The first-order chi connectivity index (χ1) is 6.27. The second kappa shape index (κ2) is 3.46. The second-order valence-corrected chi connectivity index (χ2v) is 4.29. The van der Waals surface area contributed by atoms with Gasteiger partial charge in [0, 0.05) is 10.8 Å². The number of carbonyl (C=O) groups excluding carboxylic acids is 1. The maximum Gasteiger partial charge on any atom is 0.223 e. The lowest BCUT2D eigenvalue weighted by Gasteiger charge is -2.01. The Labute approximate surface area is 81.2 Å². The molecule has 1 aliphatic rings. The number of hydrogen-bond donors (Lipinski definition) is 1. The standard InChI is InChI=1S/C9H12N2OS/c1-6-8(13-5-11-6)4-10-9(12)7-2-3-7/h5,7H,2-4H2,1H3,(H,10,12). The van der Waals surface area contributed by atoms with Gasteiger partial charge in [0.1, 0.15) is 0 Å². The molecule has 1 aliphatic carbocycles. The van der Waals surface area contributed by atoms with Crippen molar-refractivity contribution in [3.63, 3.8) is 0 Å². The van der Waals surface area contributed by atoms with E-state index in [1.165, 1.54) is 0 Å². The molecule has 1 N–H and O–H groups in total. The van der Waals surface area contributed by atoms with Crippen LogP contribution in [-0.2, 0) is 11.3 Å². The third-order valence-electron chi connectivity index (χ3n) is 2.22. The minimum Gasteiger partial charge on any atom is -0.351 e. The highest BCUT2D eigenvalue weighted by Gasteiger charge is 2.29. The topological polar surface area (TPSA) is 42.0 Å². The minimum atomic E-state index is 0.202. The maximum atomic E-state index is 11.3. The average Bonchev–Trinajstić information content (AvgIpc) is 2.88. The molecule has 13 heavy (non-hydrogen) atoms. The molecule has 1 aromatic heterocycles. The number of aromatic nitrogens is 1. The van der Waals surface area contributed by atoms with Gasteiger partial charge in [0.05, 0.1) is 17.7 Å². The van der Waals surface area contributed by atoms with Crippen molar-refractivity contribution >= 4 is 17.2 Å². The number of aryl methyl sites for hydroxylation is 1. The Morgan fingerprint density at radius 1 is 1.77 bits per heavy atom. The molecule has 0 radical (unpaired) electrons. The van der Waals surface area contributed by atoms with Crippen molar-refractivity contribution in [1.82, 2.24) is 10.3 Å². The molecule has 1 fully saturated rings. The Kier molecular flexibility index (Phi) is 2.31. The summed E-state index contributed by atoms with van der Waals surface area (Å²) in [5.41, 5.74) is 2.84. The van der Waals surface area contributed by atoms with Crippen LogP contribution in [0.2, 0.25) is 0 Å². The van der Waals surface area contributed by atoms with Crippen molar-refractivity contribution in [2.45, 2.75) is 26.3 Å². The fraction of sp³-hybridized carbons (Fsp3) is 0.556. The van der Waals surface area contributed by atoms with E-state index in [9.17, 15) is 4.79 Å². The van der Waals surface area contributed by atoms with Gasteiger partial charge >= 0.3 is 0 Å². The Balaban J connectivity index is 1.85. The van der Waals surface area contributed by atoms with Gasteiger partial charge in [0.15, 0.2) is 0 Å². The summed E-state index contributed by atoms with van der Waals surface area (Å²) in [5, 5.41) is 2.92. The Morgan fingerprint density at radius 3 is 3.08 bits per heavy atom. The number of thiazole rings is 1. The fourth-order valence-electron chi connectivity index (χ4n) is 1.15. The molecule has 1 aromatic rings. The molecule has 1 saturated carbocycles. The molecular formula is C9H12N2OS. The smallest absolute Gasteiger partial charge is 0.223 e. The predicted molar refractivity (Wildman–Crippen MR) is 51.4 cm³/mol. The third-order valence-corrected chi connectivity index (χ3v) is 3.15. The summed E-state index contributed by atoms with van der Waals surface area (Å²) in [6.45, 7) is 2.61. The fourth-order valence-corrected chi connectivity index (χ4v) is 1.87. The summed E-state index contributed by atoms with van der Waals surface area (Å²) in [6, 6.07) is 0. The van der Waals surface area contributed by atoms with E-state index in [-0.39, 0.29) is 5.91 Å². The molecule has 0 spiro atoms. The summed E-state index contributed by atoms with van der Waals surface area (Å²) in [4.78, 5) is 16.6. The lowest BCUT2D eigenvalue weighted by Crippen LogP contribution is -2.23. The van der Waals surface area contributed by atoms with Crippen LogP contribution in [0.1, 0.15) is 23.4 Å². The molecule has 0 aliphatic heterocycles. The Morgan fingerprint density at radius 2 is 2.54 bits per heavy atom. The van der Waals surface area contributed by atoms with Gasteiger partial charge in [0.25, 0.3) is 0 Å². The Hall–Kier alpha value is -0.900. The summed E-state index contributed by atoms with van der Waals surface area (Å²) in [5.74, 6) is 0.501. The van der Waals surface area contributed by atoms with E-state index < -0.39 is 0 Å². The zero-order chi connectivity index (χ0) is 9.26. The van der Waals surface area contributed by atoms with Crippen LogP contribution < -0.4 is 5.32 Å². The van der Waals surface area contributed by atoms with Gasteiger partial charge in [-0.3, -0.25) is 4.79 Å². The number of nitrogens with zero attached hydrogens (tertiary/aromatic N) is 1. The lowest BCUT2D eigenvalue weighted by molar-refractivity contribution is -0.122. The van der Waals surface area contributed by atoms with Crippen LogP contribution >= 0.6 is 11.3 Å². The van der Waals surface area contributed by atoms with E-state index in [1.807, 2.05) is 12.4 Å².